The standard InChI is InChI=1S/C21H23NO3/c1-16(23)6-5-7-17-15-22-21-11-10-19(14-20(17)21)25-13-12-24-18-8-3-2-4-9-18/h2-4,8-11,14-15,22H,5-7,12-13H2,1H3. The third-order valence-electron chi connectivity index (χ3n) is 4.08. The van der Waals surface area contributed by atoms with E-state index in [0.29, 0.717) is 19.6 Å². The van der Waals surface area contributed by atoms with Gasteiger partial charge in [0.25, 0.3) is 0 Å². The predicted octanol–water partition coefficient (Wildman–Crippen LogP) is 4.54. The number of hydrogen-bond acceptors (Lipinski definition) is 3. The Labute approximate surface area is 147 Å². The van der Waals surface area contributed by atoms with Crippen LogP contribution in [0, 0.1) is 0 Å². The first-order valence-corrected chi connectivity index (χ1v) is 8.62. The normalized spacial score (nSPS) is 10.8. The summed E-state index contributed by atoms with van der Waals surface area (Å²) in [5.74, 6) is 1.92. The van der Waals surface area contributed by atoms with Gasteiger partial charge in [0.1, 0.15) is 30.5 Å². The van der Waals surface area contributed by atoms with Crippen molar-refractivity contribution in [2.24, 2.45) is 0 Å². The number of carbonyl (C=O) groups is 1. The van der Waals surface area contributed by atoms with Crippen molar-refractivity contribution in [3.05, 3.63) is 60.3 Å². The first-order chi connectivity index (χ1) is 12.2. The highest BCUT2D eigenvalue weighted by Crippen LogP contribution is 2.25. The molecule has 0 saturated heterocycles. The summed E-state index contributed by atoms with van der Waals surface area (Å²) in [4.78, 5) is 14.4. The summed E-state index contributed by atoms with van der Waals surface area (Å²) in [6.07, 6.45) is 4.41. The maximum absolute atomic E-state index is 11.1. The SMILES string of the molecule is CC(=O)CCCc1c[nH]c2ccc(OCCOc3ccccc3)cc12. The molecular formula is C21H23NO3. The number of ketones is 1. The van der Waals surface area contributed by atoms with E-state index in [1.54, 1.807) is 6.92 Å². The molecule has 1 N–H and O–H groups in total. The van der Waals surface area contributed by atoms with Gasteiger partial charge in [-0.1, -0.05) is 18.2 Å². The minimum atomic E-state index is 0.238. The smallest absolute Gasteiger partial charge is 0.129 e. The van der Waals surface area contributed by atoms with Gasteiger partial charge in [-0.2, -0.15) is 0 Å². The molecule has 4 heteroatoms. The van der Waals surface area contributed by atoms with E-state index in [-0.39, 0.29) is 5.78 Å². The van der Waals surface area contributed by atoms with E-state index in [0.717, 1.165) is 35.2 Å². The summed E-state index contributed by atoms with van der Waals surface area (Å²) in [6.45, 7) is 2.63. The zero-order valence-electron chi connectivity index (χ0n) is 14.5. The highest BCUT2D eigenvalue weighted by molar-refractivity contribution is 5.84. The molecule has 0 amide bonds. The lowest BCUT2D eigenvalue weighted by Gasteiger charge is -2.09. The lowest BCUT2D eigenvalue weighted by molar-refractivity contribution is -0.117. The molecule has 3 rings (SSSR count). The molecule has 0 radical (unpaired) electrons. The number of Topliss-reactive ketones (excluding diaryl/α,β-unsaturated/α-hetero) is 1. The summed E-state index contributed by atoms with van der Waals surface area (Å²) in [5.41, 5.74) is 2.31. The predicted molar refractivity (Wildman–Crippen MR) is 99.3 cm³/mol. The quantitative estimate of drug-likeness (QED) is 0.583. The molecule has 0 aliphatic carbocycles. The van der Waals surface area contributed by atoms with Gasteiger partial charge in [-0.15, -0.1) is 0 Å². The first kappa shape index (κ1) is 17.1. The van der Waals surface area contributed by atoms with Crippen LogP contribution in [-0.2, 0) is 11.2 Å². The van der Waals surface area contributed by atoms with Gasteiger partial charge < -0.3 is 19.3 Å². The van der Waals surface area contributed by atoms with E-state index in [1.165, 1.54) is 5.56 Å². The Hall–Kier alpha value is -2.75. The molecule has 1 heterocycles. The topological polar surface area (TPSA) is 51.3 Å². The molecule has 25 heavy (non-hydrogen) atoms. The number of aryl methyl sites for hydroxylation is 1. The van der Waals surface area contributed by atoms with Crippen molar-refractivity contribution in [1.29, 1.82) is 0 Å². The molecule has 0 saturated carbocycles. The van der Waals surface area contributed by atoms with E-state index in [4.69, 9.17) is 9.47 Å². The number of ether oxygens (including phenoxy) is 2. The molecule has 2 aromatic carbocycles. The van der Waals surface area contributed by atoms with Crippen LogP contribution in [0.2, 0.25) is 0 Å². The molecule has 4 nitrogen and oxygen atoms in total. The number of nitrogens with one attached hydrogen (secondary N) is 1. The molecular weight excluding hydrogens is 314 g/mol. The third-order valence-corrected chi connectivity index (χ3v) is 4.08. The molecule has 1 aromatic heterocycles. The summed E-state index contributed by atoms with van der Waals surface area (Å²) in [7, 11) is 0. The van der Waals surface area contributed by atoms with Crippen LogP contribution in [-0.4, -0.2) is 24.0 Å². The Morgan fingerprint density at radius 2 is 1.76 bits per heavy atom. The third kappa shape index (κ3) is 4.86. The molecule has 0 aliphatic rings. The van der Waals surface area contributed by atoms with Gasteiger partial charge >= 0.3 is 0 Å². The molecule has 0 aliphatic heterocycles. The highest BCUT2D eigenvalue weighted by atomic mass is 16.5. The maximum Gasteiger partial charge on any atom is 0.129 e. The fourth-order valence-electron chi connectivity index (χ4n) is 2.82. The number of aromatic amines is 1. The molecule has 0 spiro atoms. The van der Waals surface area contributed by atoms with E-state index in [1.807, 2.05) is 48.7 Å². The van der Waals surface area contributed by atoms with E-state index in [2.05, 4.69) is 11.1 Å². The number of para-hydroxylation sites is 1. The lowest BCUT2D eigenvalue weighted by Crippen LogP contribution is -2.08. The van der Waals surface area contributed by atoms with Crippen LogP contribution in [0.3, 0.4) is 0 Å². The summed E-state index contributed by atoms with van der Waals surface area (Å²) in [6, 6.07) is 15.8. The number of rotatable bonds is 9. The Balaban J connectivity index is 1.55. The first-order valence-electron chi connectivity index (χ1n) is 8.62. The van der Waals surface area contributed by atoms with Gasteiger partial charge in [0.15, 0.2) is 0 Å². The van der Waals surface area contributed by atoms with Crippen LogP contribution in [0.1, 0.15) is 25.3 Å². The van der Waals surface area contributed by atoms with Crippen LogP contribution >= 0.6 is 0 Å². The fourth-order valence-corrected chi connectivity index (χ4v) is 2.82. The van der Waals surface area contributed by atoms with Crippen molar-refractivity contribution < 1.29 is 14.3 Å². The average Bonchev–Trinajstić information content (AvgIpc) is 3.02. The number of carbonyl (C=O) groups excluding carboxylic acids is 1. The average molecular weight is 337 g/mol. The number of fused-ring (bicyclic) bond motifs is 1. The van der Waals surface area contributed by atoms with E-state index >= 15 is 0 Å². The van der Waals surface area contributed by atoms with E-state index in [9.17, 15) is 4.79 Å². The second-order valence-corrected chi connectivity index (χ2v) is 6.09. The summed E-state index contributed by atoms with van der Waals surface area (Å²) >= 11 is 0. The number of H-pyrrole nitrogens is 1. The van der Waals surface area contributed by atoms with Gasteiger partial charge in [0, 0.05) is 23.5 Å². The van der Waals surface area contributed by atoms with Gasteiger partial charge in [-0.25, -0.2) is 0 Å². The molecule has 130 valence electrons. The number of hydrogen-bond donors (Lipinski definition) is 1. The second kappa shape index (κ2) is 8.38. The Bertz CT molecular complexity index is 824. The monoisotopic (exact) mass is 337 g/mol. The summed E-state index contributed by atoms with van der Waals surface area (Å²) < 4.78 is 11.4. The van der Waals surface area contributed by atoms with Crippen molar-refractivity contribution in [2.75, 3.05) is 13.2 Å². The maximum atomic E-state index is 11.1. The minimum absolute atomic E-state index is 0.238. The van der Waals surface area contributed by atoms with Crippen LogP contribution in [0.15, 0.2) is 54.7 Å². The molecule has 0 bridgehead atoms. The van der Waals surface area contributed by atoms with E-state index < -0.39 is 0 Å². The van der Waals surface area contributed by atoms with Gasteiger partial charge in [0.05, 0.1) is 0 Å². The van der Waals surface area contributed by atoms with Crippen LogP contribution in [0.5, 0.6) is 11.5 Å². The number of benzene rings is 2. The van der Waals surface area contributed by atoms with Gasteiger partial charge in [-0.3, -0.25) is 0 Å². The molecule has 3 aromatic rings. The molecule has 0 unspecified atom stereocenters. The number of aromatic nitrogens is 1. The van der Waals surface area contributed by atoms with Crippen LogP contribution < -0.4 is 9.47 Å². The van der Waals surface area contributed by atoms with Gasteiger partial charge in [-0.05, 0) is 55.7 Å². The lowest BCUT2D eigenvalue weighted by atomic mass is 10.1. The van der Waals surface area contributed by atoms with Crippen molar-refractivity contribution >= 4 is 16.7 Å². The minimum Gasteiger partial charge on any atom is -0.490 e. The molecule has 0 fully saturated rings. The van der Waals surface area contributed by atoms with Crippen molar-refractivity contribution in [3.8, 4) is 11.5 Å². The Kier molecular flexibility index (Phi) is 5.73. The van der Waals surface area contributed by atoms with Crippen molar-refractivity contribution in [2.45, 2.75) is 26.2 Å². The Morgan fingerprint density at radius 3 is 2.52 bits per heavy atom. The van der Waals surface area contributed by atoms with Crippen molar-refractivity contribution in [1.82, 2.24) is 4.98 Å². The largest absolute Gasteiger partial charge is 0.490 e. The second-order valence-electron chi connectivity index (χ2n) is 6.09. The Morgan fingerprint density at radius 1 is 1.00 bits per heavy atom. The van der Waals surface area contributed by atoms with Crippen LogP contribution in [0.25, 0.3) is 10.9 Å². The van der Waals surface area contributed by atoms with Crippen molar-refractivity contribution in [3.63, 3.8) is 0 Å². The zero-order valence-corrected chi connectivity index (χ0v) is 14.5. The molecule has 0 atom stereocenters. The fraction of sp³-hybridized carbons (Fsp3) is 0.286. The highest BCUT2D eigenvalue weighted by Gasteiger charge is 2.06. The zero-order chi connectivity index (χ0) is 17.5. The van der Waals surface area contributed by atoms with Gasteiger partial charge in [0.2, 0.25) is 0 Å². The summed E-state index contributed by atoms with van der Waals surface area (Å²) in [5, 5.41) is 1.16. The van der Waals surface area contributed by atoms with Crippen LogP contribution in [0.4, 0.5) is 0 Å².